The van der Waals surface area contributed by atoms with Crippen LogP contribution < -0.4 is 0 Å². The molecular formula is C11H18N2O3. The first-order chi connectivity index (χ1) is 7.34. The summed E-state index contributed by atoms with van der Waals surface area (Å²) in [6.07, 6.45) is 0.322. The third-order valence-electron chi connectivity index (χ3n) is 2.12. The van der Waals surface area contributed by atoms with E-state index in [2.05, 4.69) is 5.10 Å². The normalized spacial score (nSPS) is 16.4. The van der Waals surface area contributed by atoms with E-state index in [4.69, 9.17) is 4.74 Å². The lowest BCUT2D eigenvalue weighted by atomic mass is 10.1. The highest BCUT2D eigenvalue weighted by Gasteiger charge is 2.33. The highest BCUT2D eigenvalue weighted by atomic mass is 16.5. The summed E-state index contributed by atoms with van der Waals surface area (Å²) in [6, 6.07) is 0. The SMILES string of the molecule is CCOC(=O)CC1=NN(C(C)(C)C)C(=O)C1. The molecular weight excluding hydrogens is 208 g/mol. The second-order valence-corrected chi connectivity index (χ2v) is 4.70. The lowest BCUT2D eigenvalue weighted by Gasteiger charge is -2.27. The molecule has 5 heteroatoms. The fourth-order valence-electron chi connectivity index (χ4n) is 1.48. The number of hydrazone groups is 1. The van der Waals surface area contributed by atoms with Gasteiger partial charge < -0.3 is 4.74 Å². The van der Waals surface area contributed by atoms with Crippen molar-refractivity contribution in [2.75, 3.05) is 6.61 Å². The van der Waals surface area contributed by atoms with Crippen LogP contribution in [-0.2, 0) is 14.3 Å². The van der Waals surface area contributed by atoms with E-state index in [0.717, 1.165) is 0 Å². The largest absolute Gasteiger partial charge is 0.466 e. The van der Waals surface area contributed by atoms with Crippen LogP contribution >= 0.6 is 0 Å². The van der Waals surface area contributed by atoms with Gasteiger partial charge in [0.2, 0.25) is 5.91 Å². The van der Waals surface area contributed by atoms with Gasteiger partial charge in [0.15, 0.2) is 0 Å². The van der Waals surface area contributed by atoms with Crippen LogP contribution in [0.1, 0.15) is 40.5 Å². The van der Waals surface area contributed by atoms with Gasteiger partial charge in [0, 0.05) is 0 Å². The number of amides is 1. The second-order valence-electron chi connectivity index (χ2n) is 4.70. The molecule has 0 spiro atoms. The Bertz CT molecular complexity index is 329. The summed E-state index contributed by atoms with van der Waals surface area (Å²) < 4.78 is 4.81. The molecule has 0 N–H and O–H groups in total. The highest BCUT2D eigenvalue weighted by Crippen LogP contribution is 2.21. The number of hydrogen-bond donors (Lipinski definition) is 0. The van der Waals surface area contributed by atoms with Crippen LogP contribution in [0.5, 0.6) is 0 Å². The Morgan fingerprint density at radius 3 is 2.56 bits per heavy atom. The molecule has 0 radical (unpaired) electrons. The lowest BCUT2D eigenvalue weighted by Crippen LogP contribution is -2.38. The molecule has 0 unspecified atom stereocenters. The Hall–Kier alpha value is -1.39. The van der Waals surface area contributed by atoms with Crippen molar-refractivity contribution in [3.05, 3.63) is 0 Å². The number of ether oxygens (including phenoxy) is 1. The van der Waals surface area contributed by atoms with Crippen molar-refractivity contribution in [2.24, 2.45) is 5.10 Å². The van der Waals surface area contributed by atoms with Crippen molar-refractivity contribution in [1.29, 1.82) is 0 Å². The van der Waals surface area contributed by atoms with E-state index in [9.17, 15) is 9.59 Å². The Balaban J connectivity index is 2.65. The van der Waals surface area contributed by atoms with Crippen LogP contribution in [0.25, 0.3) is 0 Å². The van der Waals surface area contributed by atoms with Crippen LogP contribution in [0, 0.1) is 0 Å². The first-order valence-electron chi connectivity index (χ1n) is 5.39. The first kappa shape index (κ1) is 12.7. The molecule has 1 heterocycles. The van der Waals surface area contributed by atoms with E-state index in [1.54, 1.807) is 6.92 Å². The Morgan fingerprint density at radius 1 is 1.50 bits per heavy atom. The minimum absolute atomic E-state index is 0.0631. The van der Waals surface area contributed by atoms with Gasteiger partial charge in [-0.15, -0.1) is 0 Å². The van der Waals surface area contributed by atoms with Gasteiger partial charge in [0.1, 0.15) is 0 Å². The molecule has 0 atom stereocenters. The van der Waals surface area contributed by atoms with Crippen molar-refractivity contribution >= 4 is 17.6 Å². The van der Waals surface area contributed by atoms with Crippen molar-refractivity contribution in [3.63, 3.8) is 0 Å². The quantitative estimate of drug-likeness (QED) is 0.682. The molecule has 1 aliphatic heterocycles. The first-order valence-corrected chi connectivity index (χ1v) is 5.39. The van der Waals surface area contributed by atoms with Crippen LogP contribution in [0.4, 0.5) is 0 Å². The molecule has 0 aliphatic carbocycles. The molecule has 16 heavy (non-hydrogen) atoms. The molecule has 0 aromatic heterocycles. The minimum atomic E-state index is -0.340. The average Bonchev–Trinajstić information content (AvgIpc) is 2.46. The van der Waals surface area contributed by atoms with E-state index in [0.29, 0.717) is 12.3 Å². The Morgan fingerprint density at radius 2 is 2.12 bits per heavy atom. The van der Waals surface area contributed by atoms with Crippen molar-refractivity contribution < 1.29 is 14.3 Å². The summed E-state index contributed by atoms with van der Waals surface area (Å²) in [7, 11) is 0. The van der Waals surface area contributed by atoms with Crippen molar-refractivity contribution in [1.82, 2.24) is 5.01 Å². The topological polar surface area (TPSA) is 59.0 Å². The van der Waals surface area contributed by atoms with Gasteiger partial charge in [-0.3, -0.25) is 9.59 Å². The third kappa shape index (κ3) is 3.05. The molecule has 1 rings (SSSR count). The van der Waals surface area contributed by atoms with Crippen LogP contribution in [0.2, 0.25) is 0 Å². The zero-order valence-corrected chi connectivity index (χ0v) is 10.2. The number of esters is 1. The number of hydrogen-bond acceptors (Lipinski definition) is 4. The molecule has 0 aromatic rings. The van der Waals surface area contributed by atoms with Crippen molar-refractivity contribution in [2.45, 2.75) is 46.1 Å². The van der Waals surface area contributed by atoms with Gasteiger partial charge in [-0.05, 0) is 27.7 Å². The minimum Gasteiger partial charge on any atom is -0.466 e. The van der Waals surface area contributed by atoms with Gasteiger partial charge in [-0.1, -0.05) is 0 Å². The standard InChI is InChI=1S/C11H18N2O3/c1-5-16-10(15)7-8-6-9(14)13(12-8)11(2,3)4/h5-7H2,1-4H3. The molecule has 0 saturated heterocycles. The maximum absolute atomic E-state index is 11.6. The van der Waals surface area contributed by atoms with Gasteiger partial charge in [-0.25, -0.2) is 5.01 Å². The van der Waals surface area contributed by atoms with Gasteiger partial charge in [0.05, 0.1) is 30.7 Å². The summed E-state index contributed by atoms with van der Waals surface area (Å²) in [5.41, 5.74) is 0.242. The number of nitrogens with zero attached hydrogens (tertiary/aromatic N) is 2. The van der Waals surface area contributed by atoms with Gasteiger partial charge in [0.25, 0.3) is 0 Å². The number of rotatable bonds is 3. The fourth-order valence-corrected chi connectivity index (χ4v) is 1.48. The molecule has 1 aliphatic rings. The number of carbonyl (C=O) groups excluding carboxylic acids is 2. The molecule has 5 nitrogen and oxygen atoms in total. The zero-order chi connectivity index (χ0) is 12.3. The maximum atomic E-state index is 11.6. The molecule has 0 saturated carbocycles. The predicted octanol–water partition coefficient (Wildman–Crippen LogP) is 1.33. The van der Waals surface area contributed by atoms with Crippen LogP contribution in [0.3, 0.4) is 0 Å². The van der Waals surface area contributed by atoms with Crippen LogP contribution in [-0.4, -0.2) is 34.7 Å². The van der Waals surface area contributed by atoms with Crippen LogP contribution in [0.15, 0.2) is 5.10 Å². The van der Waals surface area contributed by atoms with Gasteiger partial charge in [-0.2, -0.15) is 5.10 Å². The van der Waals surface area contributed by atoms with E-state index < -0.39 is 0 Å². The Labute approximate surface area is 95.4 Å². The lowest BCUT2D eigenvalue weighted by molar-refractivity contribution is -0.141. The molecule has 0 aromatic carbocycles. The smallest absolute Gasteiger partial charge is 0.311 e. The summed E-state index contributed by atoms with van der Waals surface area (Å²) in [4.78, 5) is 22.9. The third-order valence-corrected chi connectivity index (χ3v) is 2.12. The van der Waals surface area contributed by atoms with E-state index in [-0.39, 0.29) is 30.3 Å². The van der Waals surface area contributed by atoms with Crippen molar-refractivity contribution in [3.8, 4) is 0 Å². The molecule has 0 fully saturated rings. The van der Waals surface area contributed by atoms with E-state index in [1.165, 1.54) is 5.01 Å². The molecule has 0 bridgehead atoms. The van der Waals surface area contributed by atoms with Gasteiger partial charge >= 0.3 is 5.97 Å². The number of carbonyl (C=O) groups is 2. The highest BCUT2D eigenvalue weighted by molar-refractivity contribution is 6.10. The average molecular weight is 226 g/mol. The van der Waals surface area contributed by atoms with E-state index in [1.807, 2.05) is 20.8 Å². The fraction of sp³-hybridized carbons (Fsp3) is 0.727. The summed E-state index contributed by atoms with van der Waals surface area (Å²) in [6.45, 7) is 7.81. The molecule has 90 valence electrons. The summed E-state index contributed by atoms with van der Waals surface area (Å²) >= 11 is 0. The zero-order valence-electron chi connectivity index (χ0n) is 10.2. The van der Waals surface area contributed by atoms with E-state index >= 15 is 0 Å². The second kappa shape index (κ2) is 4.63. The predicted molar refractivity (Wildman–Crippen MR) is 59.9 cm³/mol. The molecule has 1 amide bonds. The monoisotopic (exact) mass is 226 g/mol. The summed E-state index contributed by atoms with van der Waals surface area (Å²) in [5, 5.41) is 5.59. The Kier molecular flexibility index (Phi) is 3.67. The maximum Gasteiger partial charge on any atom is 0.311 e. The summed E-state index contributed by atoms with van der Waals surface area (Å²) in [5.74, 6) is -0.392.